The zero-order chi connectivity index (χ0) is 25.7. The topological polar surface area (TPSA) is 96.3 Å². The molecular weight excluding hydrogens is 446 g/mol. The van der Waals surface area contributed by atoms with Gasteiger partial charge in [-0.1, -0.05) is 33.3 Å². The fraction of sp³-hybridized carbons (Fsp3) is 0.429. The van der Waals surface area contributed by atoms with E-state index in [1.54, 1.807) is 37.3 Å². The molecule has 1 amide bonds. The summed E-state index contributed by atoms with van der Waals surface area (Å²) in [4.78, 5) is 27.7. The number of aromatic hydroxyl groups is 1. The number of unbranched alkanes of at least 4 members (excludes halogenated alkanes) is 1. The van der Waals surface area contributed by atoms with Crippen molar-refractivity contribution in [2.24, 2.45) is 5.92 Å². The quantitative estimate of drug-likeness (QED) is 0.270. The molecule has 35 heavy (non-hydrogen) atoms. The molecule has 1 aliphatic rings. The summed E-state index contributed by atoms with van der Waals surface area (Å²) in [6.07, 6.45) is 1.55. The Kier molecular flexibility index (Phi) is 8.43. The highest BCUT2D eigenvalue weighted by Crippen LogP contribution is 2.42. The molecule has 0 radical (unpaired) electrons. The summed E-state index contributed by atoms with van der Waals surface area (Å²) in [6, 6.07) is 9.16. The van der Waals surface area contributed by atoms with Gasteiger partial charge >= 0.3 is 0 Å². The summed E-state index contributed by atoms with van der Waals surface area (Å²) in [5, 5.41) is 21.5. The van der Waals surface area contributed by atoms with Crippen molar-refractivity contribution in [2.45, 2.75) is 53.5 Å². The monoisotopic (exact) mass is 481 g/mol. The SMILES string of the molecule is CCCCN1C(=O)C(=O)/C(=C(\O)c2ccc(OCC(C)C)c(C)c2)C1c1ccc(O)c(OCC)c1. The smallest absolute Gasteiger partial charge is 0.295 e. The van der Waals surface area contributed by atoms with Crippen LogP contribution in [0.5, 0.6) is 17.2 Å². The maximum absolute atomic E-state index is 13.2. The standard InChI is InChI=1S/C28H35NO6/c1-6-8-13-29-25(19-9-11-21(30)23(15-19)34-7-2)24(27(32)28(29)33)26(31)20-10-12-22(18(5)14-20)35-16-17(3)4/h9-12,14-15,17,25,30-31H,6-8,13,16H2,1-5H3/b26-24-. The third-order valence-corrected chi connectivity index (χ3v) is 5.91. The summed E-state index contributed by atoms with van der Waals surface area (Å²) < 4.78 is 11.4. The van der Waals surface area contributed by atoms with Crippen LogP contribution in [0.1, 0.15) is 63.3 Å². The highest BCUT2D eigenvalue weighted by molar-refractivity contribution is 6.46. The number of carbonyl (C=O) groups excluding carboxylic acids is 2. The van der Waals surface area contributed by atoms with E-state index in [0.717, 1.165) is 12.0 Å². The van der Waals surface area contributed by atoms with Crippen molar-refractivity contribution in [2.75, 3.05) is 19.8 Å². The zero-order valence-electron chi connectivity index (χ0n) is 21.1. The van der Waals surface area contributed by atoms with Crippen LogP contribution in [0.4, 0.5) is 0 Å². The van der Waals surface area contributed by atoms with Gasteiger partial charge in [-0.2, -0.15) is 0 Å². The number of rotatable bonds is 10. The highest BCUT2D eigenvalue weighted by Gasteiger charge is 2.46. The Morgan fingerprint density at radius 3 is 2.43 bits per heavy atom. The number of carbonyl (C=O) groups is 2. The first kappa shape index (κ1) is 26.1. The molecule has 7 nitrogen and oxygen atoms in total. The lowest BCUT2D eigenvalue weighted by Gasteiger charge is -2.25. The molecule has 0 saturated carbocycles. The van der Waals surface area contributed by atoms with E-state index in [0.29, 0.717) is 49.0 Å². The predicted octanol–water partition coefficient (Wildman–Crippen LogP) is 5.36. The van der Waals surface area contributed by atoms with Crippen LogP contribution in [0.2, 0.25) is 0 Å². The maximum atomic E-state index is 13.2. The van der Waals surface area contributed by atoms with E-state index in [-0.39, 0.29) is 22.8 Å². The Labute approximate surface area is 207 Å². The first-order chi connectivity index (χ1) is 16.7. The second kappa shape index (κ2) is 11.3. The molecule has 0 spiro atoms. The Balaban J connectivity index is 2.11. The van der Waals surface area contributed by atoms with Gasteiger partial charge in [0.05, 0.1) is 24.8 Å². The zero-order valence-corrected chi connectivity index (χ0v) is 21.1. The number of hydrogen-bond acceptors (Lipinski definition) is 6. The van der Waals surface area contributed by atoms with Gasteiger partial charge in [0.1, 0.15) is 11.5 Å². The van der Waals surface area contributed by atoms with Gasteiger partial charge in [0, 0.05) is 12.1 Å². The lowest BCUT2D eigenvalue weighted by atomic mass is 9.94. The fourth-order valence-corrected chi connectivity index (χ4v) is 4.13. The van der Waals surface area contributed by atoms with Crippen molar-refractivity contribution in [1.82, 2.24) is 4.90 Å². The van der Waals surface area contributed by atoms with Crippen molar-refractivity contribution >= 4 is 17.4 Å². The number of aliphatic hydroxyl groups excluding tert-OH is 1. The number of likely N-dealkylation sites (tertiary alicyclic amines) is 1. The average molecular weight is 482 g/mol. The van der Waals surface area contributed by atoms with Crippen LogP contribution in [0.3, 0.4) is 0 Å². The van der Waals surface area contributed by atoms with Gasteiger partial charge in [-0.05, 0) is 67.6 Å². The van der Waals surface area contributed by atoms with Crippen LogP contribution in [0.25, 0.3) is 5.76 Å². The highest BCUT2D eigenvalue weighted by atomic mass is 16.5. The Morgan fingerprint density at radius 1 is 1.06 bits per heavy atom. The molecule has 1 atom stereocenters. The normalized spacial score (nSPS) is 17.3. The molecule has 2 N–H and O–H groups in total. The molecule has 7 heteroatoms. The summed E-state index contributed by atoms with van der Waals surface area (Å²) in [7, 11) is 0. The molecule has 1 saturated heterocycles. The number of Topliss-reactive ketones (excluding diaryl/α,β-unsaturated/α-hetero) is 1. The van der Waals surface area contributed by atoms with Gasteiger partial charge in [0.2, 0.25) is 0 Å². The molecule has 1 unspecified atom stereocenters. The van der Waals surface area contributed by atoms with Gasteiger partial charge in [-0.15, -0.1) is 0 Å². The number of phenols is 1. The van der Waals surface area contributed by atoms with Crippen LogP contribution < -0.4 is 9.47 Å². The third kappa shape index (κ3) is 5.61. The van der Waals surface area contributed by atoms with E-state index in [2.05, 4.69) is 13.8 Å². The van der Waals surface area contributed by atoms with E-state index in [1.165, 1.54) is 11.0 Å². The van der Waals surface area contributed by atoms with E-state index in [1.807, 2.05) is 13.8 Å². The number of ether oxygens (including phenoxy) is 2. The largest absolute Gasteiger partial charge is 0.507 e. The van der Waals surface area contributed by atoms with E-state index < -0.39 is 17.7 Å². The van der Waals surface area contributed by atoms with E-state index >= 15 is 0 Å². The van der Waals surface area contributed by atoms with Gasteiger partial charge in [0.15, 0.2) is 11.5 Å². The molecule has 1 aliphatic heterocycles. The molecule has 1 fully saturated rings. The number of amides is 1. The van der Waals surface area contributed by atoms with Crippen LogP contribution in [-0.2, 0) is 9.59 Å². The van der Waals surface area contributed by atoms with E-state index in [4.69, 9.17) is 9.47 Å². The van der Waals surface area contributed by atoms with Gasteiger partial charge in [0.25, 0.3) is 11.7 Å². The Morgan fingerprint density at radius 2 is 1.80 bits per heavy atom. The van der Waals surface area contributed by atoms with E-state index in [9.17, 15) is 19.8 Å². The minimum Gasteiger partial charge on any atom is -0.507 e. The fourth-order valence-electron chi connectivity index (χ4n) is 4.13. The number of nitrogens with zero attached hydrogens (tertiary/aromatic N) is 1. The average Bonchev–Trinajstić information content (AvgIpc) is 3.07. The van der Waals surface area contributed by atoms with Crippen LogP contribution in [-0.4, -0.2) is 46.6 Å². The van der Waals surface area contributed by atoms with Gasteiger partial charge in [-0.3, -0.25) is 9.59 Å². The molecule has 2 aromatic carbocycles. The predicted molar refractivity (Wildman–Crippen MR) is 135 cm³/mol. The molecule has 0 aliphatic carbocycles. The first-order valence-corrected chi connectivity index (χ1v) is 12.2. The van der Waals surface area contributed by atoms with Crippen molar-refractivity contribution in [1.29, 1.82) is 0 Å². The van der Waals surface area contributed by atoms with Crippen molar-refractivity contribution in [3.05, 3.63) is 58.7 Å². The molecule has 0 bridgehead atoms. The van der Waals surface area contributed by atoms with Crippen LogP contribution >= 0.6 is 0 Å². The second-order valence-electron chi connectivity index (χ2n) is 9.19. The number of ketones is 1. The maximum Gasteiger partial charge on any atom is 0.295 e. The van der Waals surface area contributed by atoms with Crippen molar-refractivity contribution < 1.29 is 29.3 Å². The number of aryl methyl sites for hydroxylation is 1. The summed E-state index contributed by atoms with van der Waals surface area (Å²) in [5.41, 5.74) is 1.85. The van der Waals surface area contributed by atoms with Gasteiger partial charge < -0.3 is 24.6 Å². The van der Waals surface area contributed by atoms with Crippen molar-refractivity contribution in [3.63, 3.8) is 0 Å². The number of phenolic OH excluding ortho intramolecular Hbond substituents is 1. The first-order valence-electron chi connectivity index (χ1n) is 12.2. The molecular formula is C28H35NO6. The second-order valence-corrected chi connectivity index (χ2v) is 9.19. The van der Waals surface area contributed by atoms with Crippen LogP contribution in [0.15, 0.2) is 42.0 Å². The lowest BCUT2D eigenvalue weighted by Crippen LogP contribution is -2.30. The number of aliphatic hydroxyl groups is 1. The minimum absolute atomic E-state index is 0.0227. The molecule has 2 aromatic rings. The summed E-state index contributed by atoms with van der Waals surface area (Å²) in [5.74, 6) is -0.320. The summed E-state index contributed by atoms with van der Waals surface area (Å²) >= 11 is 0. The number of benzene rings is 2. The number of hydrogen-bond donors (Lipinski definition) is 2. The van der Waals surface area contributed by atoms with Gasteiger partial charge in [-0.25, -0.2) is 0 Å². The molecule has 0 aromatic heterocycles. The molecule has 3 rings (SSSR count). The summed E-state index contributed by atoms with van der Waals surface area (Å²) in [6.45, 7) is 11.1. The van der Waals surface area contributed by atoms with Crippen LogP contribution in [0, 0.1) is 12.8 Å². The molecule has 188 valence electrons. The lowest BCUT2D eigenvalue weighted by molar-refractivity contribution is -0.139. The Bertz CT molecular complexity index is 1120. The Hall–Kier alpha value is -3.48. The van der Waals surface area contributed by atoms with Crippen molar-refractivity contribution in [3.8, 4) is 17.2 Å². The minimum atomic E-state index is -0.793. The third-order valence-electron chi connectivity index (χ3n) is 5.91. The molecule has 1 heterocycles.